The van der Waals surface area contributed by atoms with Gasteiger partial charge in [0.05, 0.1) is 57.2 Å². The van der Waals surface area contributed by atoms with Crippen molar-refractivity contribution in [2.24, 2.45) is 11.8 Å². The molecule has 0 saturated carbocycles. The average molecular weight is 980 g/mol. The molecule has 2 saturated heterocycles. The zero-order chi connectivity index (χ0) is 50.9. The van der Waals surface area contributed by atoms with Gasteiger partial charge in [-0.15, -0.1) is 0 Å². The maximum absolute atomic E-state index is 16.5. The number of aliphatic hydroxyl groups is 2. The van der Waals surface area contributed by atoms with Crippen molar-refractivity contribution in [1.82, 2.24) is 10.2 Å². The number of methoxy groups -OCH3 is 3. The van der Waals surface area contributed by atoms with Crippen molar-refractivity contribution in [3.63, 3.8) is 0 Å². The lowest BCUT2D eigenvalue weighted by Gasteiger charge is -2.46. The summed E-state index contributed by atoms with van der Waals surface area (Å²) in [5.74, 6) is -1.50. The molecule has 0 aromatic heterocycles. The third-order valence-corrected chi connectivity index (χ3v) is 13.2. The lowest BCUT2D eigenvalue weighted by molar-refractivity contribution is -0.178. The van der Waals surface area contributed by atoms with Crippen molar-refractivity contribution in [2.45, 2.75) is 42.2 Å². The van der Waals surface area contributed by atoms with E-state index >= 15 is 14.4 Å². The number of nitrogens with zero attached hydrogens (tertiary/aromatic N) is 2. The molecule has 5 aromatic rings. The molecule has 5 aromatic carbocycles. The van der Waals surface area contributed by atoms with Gasteiger partial charge in [-0.1, -0.05) is 121 Å². The van der Waals surface area contributed by atoms with Crippen LogP contribution in [0.2, 0.25) is 0 Å². The van der Waals surface area contributed by atoms with Crippen LogP contribution in [-0.2, 0) is 53.1 Å². The van der Waals surface area contributed by atoms with Gasteiger partial charge in [0.15, 0.2) is 5.92 Å². The summed E-state index contributed by atoms with van der Waals surface area (Å²) in [6.07, 6.45) is -3.70. The van der Waals surface area contributed by atoms with E-state index in [4.69, 9.17) is 28.4 Å². The Kier molecular flexibility index (Phi) is 15.8. The van der Waals surface area contributed by atoms with Gasteiger partial charge in [-0.3, -0.25) is 28.9 Å². The van der Waals surface area contributed by atoms with E-state index in [0.717, 1.165) is 19.1 Å². The number of imide groups is 1. The Balaban J connectivity index is 1.44. The highest BCUT2D eigenvalue weighted by atomic mass is 16.6. The number of anilines is 1. The molecule has 7 atom stereocenters. The number of ether oxygens (including phenoxy) is 6. The number of benzene rings is 5. The third kappa shape index (κ3) is 9.52. The Morgan fingerprint density at radius 2 is 1.42 bits per heavy atom. The summed E-state index contributed by atoms with van der Waals surface area (Å²) in [6, 6.07) is 34.2. The first-order valence-electron chi connectivity index (χ1n) is 23.2. The zero-order valence-corrected chi connectivity index (χ0v) is 39.7. The first kappa shape index (κ1) is 50.5. The summed E-state index contributed by atoms with van der Waals surface area (Å²) in [4.78, 5) is 90.2. The number of carbonyl (C=O) groups is 6. The minimum atomic E-state index is -2.28. The van der Waals surface area contributed by atoms with Crippen molar-refractivity contribution in [3.05, 3.63) is 167 Å². The normalized spacial score (nSPS) is 21.4. The Morgan fingerprint density at radius 1 is 0.778 bits per heavy atom. The molecular formula is C55H53N3O14. The second kappa shape index (κ2) is 22.5. The van der Waals surface area contributed by atoms with E-state index in [1.807, 2.05) is 48.5 Å². The quantitative estimate of drug-likeness (QED) is 0.0387. The number of amides is 3. The highest BCUT2D eigenvalue weighted by Crippen LogP contribution is 2.66. The Hall–Kier alpha value is -7.88. The van der Waals surface area contributed by atoms with Crippen molar-refractivity contribution in [2.75, 3.05) is 59.2 Å². The van der Waals surface area contributed by atoms with Crippen LogP contribution in [0.3, 0.4) is 0 Å². The van der Waals surface area contributed by atoms with Gasteiger partial charge in [0.25, 0.3) is 0 Å². The number of esters is 3. The SMILES string of the molecule is COCCOC(=O)N1C(=O)[C@@]2(c3cc(C#CCC(C(=O)OC)C(=O)OC)ccc31)[C@H](C(=O)NC[C@H](O)c1ccccc1)[C@H]1C(=O)O[C@H](c3ccccc3)[C@H](c3ccccc3)N1[C@@H]2c1ccccc1OCCO. The average Bonchev–Trinajstić information content (AvgIpc) is 3.87. The first-order chi connectivity index (χ1) is 35.0. The molecule has 0 aliphatic carbocycles. The van der Waals surface area contributed by atoms with E-state index in [9.17, 15) is 24.6 Å². The topological polar surface area (TPSA) is 217 Å². The number of rotatable bonds is 16. The van der Waals surface area contributed by atoms with Crippen LogP contribution in [0.5, 0.6) is 5.75 Å². The zero-order valence-electron chi connectivity index (χ0n) is 39.7. The van der Waals surface area contributed by atoms with E-state index < -0.39 is 90.0 Å². The van der Waals surface area contributed by atoms with Gasteiger partial charge in [0, 0.05) is 31.2 Å². The fourth-order valence-electron chi connectivity index (χ4n) is 10.1. The fraction of sp³-hybridized carbons (Fsp3) is 0.309. The maximum Gasteiger partial charge on any atom is 0.421 e. The number of carbonyl (C=O) groups excluding carboxylic acids is 6. The van der Waals surface area contributed by atoms with Crippen molar-refractivity contribution < 1.29 is 67.4 Å². The molecule has 3 heterocycles. The summed E-state index contributed by atoms with van der Waals surface area (Å²) in [7, 11) is 3.67. The third-order valence-electron chi connectivity index (χ3n) is 13.2. The molecule has 72 heavy (non-hydrogen) atoms. The van der Waals surface area contributed by atoms with Gasteiger partial charge < -0.3 is 44.0 Å². The van der Waals surface area contributed by atoms with Crippen LogP contribution >= 0.6 is 0 Å². The number of cyclic esters (lactones) is 1. The van der Waals surface area contributed by atoms with E-state index in [1.165, 1.54) is 25.3 Å². The van der Waals surface area contributed by atoms with Crippen molar-refractivity contribution in [3.8, 4) is 17.6 Å². The summed E-state index contributed by atoms with van der Waals surface area (Å²) in [6.45, 7) is -1.21. The second-order valence-electron chi connectivity index (χ2n) is 17.1. The van der Waals surface area contributed by atoms with Gasteiger partial charge in [-0.2, -0.15) is 0 Å². The summed E-state index contributed by atoms with van der Waals surface area (Å²) in [5.41, 5.74) is 0.0594. The van der Waals surface area contributed by atoms with Crippen LogP contribution < -0.4 is 15.0 Å². The van der Waals surface area contributed by atoms with Crippen LogP contribution in [0.4, 0.5) is 10.5 Å². The van der Waals surface area contributed by atoms with E-state index in [-0.39, 0.29) is 55.4 Å². The monoisotopic (exact) mass is 979 g/mol. The second-order valence-corrected chi connectivity index (χ2v) is 17.1. The van der Waals surface area contributed by atoms with Gasteiger partial charge in [-0.05, 0) is 46.5 Å². The van der Waals surface area contributed by atoms with Crippen LogP contribution in [-0.4, -0.2) is 111 Å². The molecule has 3 amide bonds. The first-order valence-corrected chi connectivity index (χ1v) is 23.2. The Bertz CT molecular complexity index is 2840. The largest absolute Gasteiger partial charge is 0.491 e. The van der Waals surface area contributed by atoms with Crippen LogP contribution in [0.15, 0.2) is 133 Å². The van der Waals surface area contributed by atoms with Gasteiger partial charge >= 0.3 is 24.0 Å². The highest BCUT2D eigenvalue weighted by molar-refractivity contribution is 6.23. The van der Waals surface area contributed by atoms with Gasteiger partial charge in [0.1, 0.15) is 36.5 Å². The highest BCUT2D eigenvalue weighted by Gasteiger charge is 2.76. The fourth-order valence-corrected chi connectivity index (χ4v) is 10.1. The van der Waals surface area contributed by atoms with Crippen molar-refractivity contribution in [1.29, 1.82) is 0 Å². The van der Waals surface area contributed by atoms with E-state index in [1.54, 1.807) is 71.6 Å². The predicted molar refractivity (Wildman–Crippen MR) is 258 cm³/mol. The minimum Gasteiger partial charge on any atom is -0.491 e. The number of aliphatic hydroxyl groups excluding tert-OH is 2. The summed E-state index contributed by atoms with van der Waals surface area (Å²) >= 11 is 0. The molecule has 3 N–H and O–H groups in total. The number of morpholine rings is 1. The standard InChI is InChI=1S/C55H53N3O14/c1-67-30-31-71-54(66)57-41-27-26-34(16-15-24-39(50(62)68-2)51(63)69-3)32-40(41)55(53(57)65)44(49(61)56-33-42(60)35-17-7-4-8-18-35)46-52(64)72-47(37-21-11-6-12-22-37)45(36-19-9-5-10-20-36)58(46)48(55)38-23-13-14-25-43(38)70-29-28-59/h4-14,17-23,25-27,32,39,42,44-48,59-60H,24,28-31,33H2,1-3H3,(H,56,61)/t42-,44-,45-,46-,47+,48+,55-/m0/s1. The molecule has 2 fully saturated rings. The molecule has 0 bridgehead atoms. The Labute approximate surface area is 415 Å². The molecule has 3 aliphatic heterocycles. The molecule has 0 unspecified atom stereocenters. The lowest BCUT2D eigenvalue weighted by atomic mass is 9.65. The molecule has 8 rings (SSSR count). The number of nitrogens with one attached hydrogen (secondary N) is 1. The van der Waals surface area contributed by atoms with Crippen LogP contribution in [0.1, 0.15) is 64.1 Å². The molecule has 372 valence electrons. The molecule has 1 spiro atoms. The maximum atomic E-state index is 16.5. The lowest BCUT2D eigenvalue weighted by Crippen LogP contribution is -2.56. The molecule has 17 nitrogen and oxygen atoms in total. The molecule has 17 heteroatoms. The smallest absolute Gasteiger partial charge is 0.421 e. The van der Waals surface area contributed by atoms with Gasteiger partial charge in [-0.25, -0.2) is 9.69 Å². The summed E-state index contributed by atoms with van der Waals surface area (Å²) < 4.78 is 33.3. The molecule has 0 radical (unpaired) electrons. The Morgan fingerprint density at radius 3 is 2.07 bits per heavy atom. The molecular weight excluding hydrogens is 927 g/mol. The number of fused-ring (bicyclic) bond motifs is 3. The number of para-hydroxylation sites is 1. The van der Waals surface area contributed by atoms with Gasteiger partial charge in [0.2, 0.25) is 11.8 Å². The van der Waals surface area contributed by atoms with Crippen LogP contribution in [0.25, 0.3) is 0 Å². The van der Waals surface area contributed by atoms with E-state index in [2.05, 4.69) is 17.2 Å². The molecule has 3 aliphatic rings. The van der Waals surface area contributed by atoms with E-state index in [0.29, 0.717) is 22.3 Å². The predicted octanol–water partition coefficient (Wildman–Crippen LogP) is 5.06. The number of hydrogen-bond acceptors (Lipinski definition) is 15. The summed E-state index contributed by atoms with van der Waals surface area (Å²) in [5, 5.41) is 24.4. The number of hydrogen-bond donors (Lipinski definition) is 3. The van der Waals surface area contributed by atoms with Crippen molar-refractivity contribution >= 4 is 41.5 Å². The minimum absolute atomic E-state index is 0.0000670. The van der Waals surface area contributed by atoms with Crippen LogP contribution in [0, 0.1) is 23.7 Å².